The molecule has 0 amide bonds. The van der Waals surface area contributed by atoms with Crippen molar-refractivity contribution in [2.24, 2.45) is 0 Å². The molecule has 82 valence electrons. The van der Waals surface area contributed by atoms with Crippen LogP contribution in [0.15, 0.2) is 24.5 Å². The van der Waals surface area contributed by atoms with Gasteiger partial charge in [0.1, 0.15) is 5.82 Å². The minimum atomic E-state index is 0.270. The molecule has 1 N–H and O–H groups in total. The Morgan fingerprint density at radius 1 is 1.44 bits per heavy atom. The van der Waals surface area contributed by atoms with E-state index in [9.17, 15) is 0 Å². The highest BCUT2D eigenvalue weighted by molar-refractivity contribution is 5.53. The van der Waals surface area contributed by atoms with Gasteiger partial charge in [0.2, 0.25) is 0 Å². The van der Waals surface area contributed by atoms with Crippen LogP contribution in [0.3, 0.4) is 0 Å². The van der Waals surface area contributed by atoms with Gasteiger partial charge in [-0.3, -0.25) is 4.98 Å². The van der Waals surface area contributed by atoms with Crippen molar-refractivity contribution in [2.45, 2.75) is 19.5 Å². The third-order valence-corrected chi connectivity index (χ3v) is 2.87. The van der Waals surface area contributed by atoms with E-state index < -0.39 is 0 Å². The third kappa shape index (κ3) is 1.40. The van der Waals surface area contributed by atoms with Gasteiger partial charge in [-0.1, -0.05) is 0 Å². The van der Waals surface area contributed by atoms with Crippen LogP contribution in [-0.2, 0) is 6.54 Å². The van der Waals surface area contributed by atoms with Gasteiger partial charge in [0.25, 0.3) is 0 Å². The lowest BCUT2D eigenvalue weighted by Crippen LogP contribution is -2.32. The lowest BCUT2D eigenvalue weighted by molar-refractivity contribution is 0.439. The minimum Gasteiger partial charge on any atom is -0.308 e. The van der Waals surface area contributed by atoms with E-state index in [1.165, 1.54) is 0 Å². The summed E-state index contributed by atoms with van der Waals surface area (Å²) in [5.74, 6) is 1.92. The molecule has 0 aromatic carbocycles. The van der Waals surface area contributed by atoms with Crippen LogP contribution in [-0.4, -0.2) is 26.3 Å². The first-order chi connectivity index (χ1) is 7.86. The molecule has 1 aliphatic rings. The minimum absolute atomic E-state index is 0.270. The fourth-order valence-corrected chi connectivity index (χ4v) is 2.05. The van der Waals surface area contributed by atoms with Crippen LogP contribution < -0.4 is 5.32 Å². The van der Waals surface area contributed by atoms with Crippen molar-refractivity contribution in [2.75, 3.05) is 6.54 Å². The maximum Gasteiger partial charge on any atom is 0.165 e. The molecule has 1 unspecified atom stereocenters. The van der Waals surface area contributed by atoms with E-state index in [2.05, 4.69) is 32.0 Å². The number of rotatable bonds is 1. The van der Waals surface area contributed by atoms with Gasteiger partial charge in [-0.25, -0.2) is 0 Å². The fraction of sp³-hybridized carbons (Fsp3) is 0.364. The Balaban J connectivity index is 2.10. The molecule has 2 aromatic rings. The summed E-state index contributed by atoms with van der Waals surface area (Å²) in [6.45, 7) is 3.98. The maximum absolute atomic E-state index is 4.25. The molecular weight excluding hydrogens is 202 g/mol. The van der Waals surface area contributed by atoms with Crippen molar-refractivity contribution in [1.82, 2.24) is 25.1 Å². The van der Waals surface area contributed by atoms with Crippen molar-refractivity contribution in [3.63, 3.8) is 0 Å². The first kappa shape index (κ1) is 9.47. The topological polar surface area (TPSA) is 55.6 Å². The number of hydrogen-bond donors (Lipinski definition) is 1. The van der Waals surface area contributed by atoms with Gasteiger partial charge in [0.05, 0.1) is 6.04 Å². The van der Waals surface area contributed by atoms with Gasteiger partial charge in [-0.15, -0.1) is 10.2 Å². The number of nitrogens with one attached hydrogen (secondary N) is 1. The smallest absolute Gasteiger partial charge is 0.165 e. The molecule has 0 spiro atoms. The zero-order valence-corrected chi connectivity index (χ0v) is 9.09. The molecule has 0 saturated carbocycles. The second kappa shape index (κ2) is 3.68. The van der Waals surface area contributed by atoms with Gasteiger partial charge in [0.15, 0.2) is 5.82 Å². The monoisotopic (exact) mass is 215 g/mol. The van der Waals surface area contributed by atoms with E-state index in [0.29, 0.717) is 0 Å². The molecule has 16 heavy (non-hydrogen) atoms. The lowest BCUT2D eigenvalue weighted by atomic mass is 10.2. The maximum atomic E-state index is 4.25. The van der Waals surface area contributed by atoms with Gasteiger partial charge in [-0.05, 0) is 19.1 Å². The predicted octanol–water partition coefficient (Wildman–Crippen LogP) is 1.00. The highest BCUT2D eigenvalue weighted by Crippen LogP contribution is 2.22. The van der Waals surface area contributed by atoms with Crippen LogP contribution in [0, 0.1) is 0 Å². The summed E-state index contributed by atoms with van der Waals surface area (Å²) in [5, 5.41) is 11.9. The van der Waals surface area contributed by atoms with Gasteiger partial charge in [-0.2, -0.15) is 0 Å². The quantitative estimate of drug-likeness (QED) is 0.771. The van der Waals surface area contributed by atoms with E-state index in [1.54, 1.807) is 6.20 Å². The van der Waals surface area contributed by atoms with E-state index >= 15 is 0 Å². The molecule has 3 rings (SSSR count). The van der Waals surface area contributed by atoms with Crippen molar-refractivity contribution in [3.8, 4) is 11.4 Å². The van der Waals surface area contributed by atoms with Crippen molar-refractivity contribution in [1.29, 1.82) is 0 Å². The normalized spacial score (nSPS) is 19.4. The number of aromatic nitrogens is 4. The van der Waals surface area contributed by atoms with E-state index in [1.807, 2.05) is 18.3 Å². The van der Waals surface area contributed by atoms with Crippen LogP contribution in [0.4, 0.5) is 0 Å². The van der Waals surface area contributed by atoms with E-state index in [-0.39, 0.29) is 6.04 Å². The molecule has 0 saturated heterocycles. The number of hydrogen-bond acceptors (Lipinski definition) is 4. The average molecular weight is 215 g/mol. The number of nitrogens with zero attached hydrogens (tertiary/aromatic N) is 4. The van der Waals surface area contributed by atoms with Crippen LogP contribution >= 0.6 is 0 Å². The summed E-state index contributed by atoms with van der Waals surface area (Å²) in [7, 11) is 0. The van der Waals surface area contributed by atoms with Gasteiger partial charge < -0.3 is 9.88 Å². The molecule has 1 aliphatic heterocycles. The fourth-order valence-electron chi connectivity index (χ4n) is 2.05. The molecular formula is C11H13N5. The summed E-state index contributed by atoms with van der Waals surface area (Å²) < 4.78 is 2.16. The molecule has 0 radical (unpaired) electrons. The van der Waals surface area contributed by atoms with Crippen molar-refractivity contribution in [3.05, 3.63) is 30.4 Å². The molecule has 3 heterocycles. The van der Waals surface area contributed by atoms with Crippen LogP contribution in [0.25, 0.3) is 11.4 Å². The van der Waals surface area contributed by atoms with E-state index in [0.717, 1.165) is 30.3 Å². The summed E-state index contributed by atoms with van der Waals surface area (Å²) in [5.41, 5.74) is 1.02. The Bertz CT molecular complexity index is 490. The lowest BCUT2D eigenvalue weighted by Gasteiger charge is -2.21. The Hall–Kier alpha value is -1.75. The average Bonchev–Trinajstić information content (AvgIpc) is 2.75. The molecule has 0 aliphatic carbocycles. The molecule has 0 bridgehead atoms. The van der Waals surface area contributed by atoms with Crippen LogP contribution in [0.5, 0.6) is 0 Å². The molecule has 0 fully saturated rings. The summed E-state index contributed by atoms with van der Waals surface area (Å²) in [6.07, 6.45) is 3.59. The summed E-state index contributed by atoms with van der Waals surface area (Å²) in [6, 6.07) is 4.20. The first-order valence-corrected chi connectivity index (χ1v) is 5.43. The Labute approximate surface area is 93.5 Å². The Kier molecular flexibility index (Phi) is 2.18. The van der Waals surface area contributed by atoms with Crippen LogP contribution in [0.1, 0.15) is 18.8 Å². The molecule has 1 atom stereocenters. The van der Waals surface area contributed by atoms with Crippen LogP contribution in [0.2, 0.25) is 0 Å². The number of pyridine rings is 1. The third-order valence-electron chi connectivity index (χ3n) is 2.87. The first-order valence-electron chi connectivity index (χ1n) is 5.43. The standard InChI is InChI=1S/C11H13N5/c1-8-10-14-15-11(16(10)6-5-13-8)9-3-2-4-12-7-9/h2-4,7-8,13H,5-6H2,1H3. The summed E-state index contributed by atoms with van der Waals surface area (Å²) in [4.78, 5) is 4.11. The zero-order valence-electron chi connectivity index (χ0n) is 9.09. The van der Waals surface area contributed by atoms with Gasteiger partial charge in [0, 0.05) is 31.0 Å². The molecule has 5 nitrogen and oxygen atoms in total. The SMILES string of the molecule is CC1NCCn2c(-c3cccnc3)nnc21. The highest BCUT2D eigenvalue weighted by atomic mass is 15.3. The Morgan fingerprint density at radius 3 is 3.19 bits per heavy atom. The van der Waals surface area contributed by atoms with Crippen molar-refractivity contribution >= 4 is 0 Å². The Morgan fingerprint density at radius 2 is 2.38 bits per heavy atom. The molecule has 2 aromatic heterocycles. The second-order valence-electron chi connectivity index (χ2n) is 3.95. The highest BCUT2D eigenvalue weighted by Gasteiger charge is 2.21. The summed E-state index contributed by atoms with van der Waals surface area (Å²) >= 11 is 0. The van der Waals surface area contributed by atoms with Crippen molar-refractivity contribution < 1.29 is 0 Å². The van der Waals surface area contributed by atoms with Gasteiger partial charge >= 0.3 is 0 Å². The number of fused-ring (bicyclic) bond motifs is 1. The predicted molar refractivity (Wildman–Crippen MR) is 59.7 cm³/mol. The zero-order chi connectivity index (χ0) is 11.0. The largest absolute Gasteiger partial charge is 0.308 e. The van der Waals surface area contributed by atoms with E-state index in [4.69, 9.17) is 0 Å². The molecule has 5 heteroatoms. The second-order valence-corrected chi connectivity index (χ2v) is 3.95.